The molecule has 0 aliphatic rings. The Hall–Kier alpha value is -1.04. The molecule has 72 valence electrons. The standard InChI is InChI=1S/C7H7F2NO2S/c1-2-13(11,12)6-4-3-5(8)7(9)10-6/h3-4H,2H2,1H3. The molecule has 13 heavy (non-hydrogen) atoms. The highest BCUT2D eigenvalue weighted by Crippen LogP contribution is 2.10. The highest BCUT2D eigenvalue weighted by molar-refractivity contribution is 7.91. The van der Waals surface area contributed by atoms with Crippen LogP contribution in [-0.4, -0.2) is 19.2 Å². The van der Waals surface area contributed by atoms with E-state index in [2.05, 4.69) is 4.98 Å². The van der Waals surface area contributed by atoms with Crippen molar-refractivity contribution in [2.24, 2.45) is 0 Å². The summed E-state index contributed by atoms with van der Waals surface area (Å²) < 4.78 is 47.1. The van der Waals surface area contributed by atoms with E-state index < -0.39 is 26.6 Å². The molecule has 1 aromatic heterocycles. The quantitative estimate of drug-likeness (QED) is 0.683. The lowest BCUT2D eigenvalue weighted by Crippen LogP contribution is -2.07. The highest BCUT2D eigenvalue weighted by atomic mass is 32.2. The van der Waals surface area contributed by atoms with Crippen LogP contribution in [0.1, 0.15) is 6.92 Å². The predicted octanol–water partition coefficient (Wildman–Crippen LogP) is 1.15. The second kappa shape index (κ2) is 3.37. The SMILES string of the molecule is CCS(=O)(=O)c1ccc(F)c(F)n1. The molecular weight excluding hydrogens is 200 g/mol. The van der Waals surface area contributed by atoms with Crippen LogP contribution in [0.15, 0.2) is 17.2 Å². The number of rotatable bonds is 2. The average molecular weight is 207 g/mol. The van der Waals surface area contributed by atoms with Gasteiger partial charge in [-0.3, -0.25) is 0 Å². The Kier molecular flexibility index (Phi) is 2.60. The van der Waals surface area contributed by atoms with Gasteiger partial charge in [0, 0.05) is 0 Å². The molecule has 0 saturated heterocycles. The van der Waals surface area contributed by atoms with Crippen LogP contribution in [-0.2, 0) is 9.84 Å². The van der Waals surface area contributed by atoms with Crippen LogP contribution in [0.2, 0.25) is 0 Å². The van der Waals surface area contributed by atoms with Crippen LogP contribution in [0.3, 0.4) is 0 Å². The molecule has 0 aromatic carbocycles. The minimum absolute atomic E-state index is 0.189. The Bertz CT molecular complexity index is 417. The van der Waals surface area contributed by atoms with Crippen molar-refractivity contribution in [3.8, 4) is 0 Å². The van der Waals surface area contributed by atoms with E-state index in [-0.39, 0.29) is 5.75 Å². The fraction of sp³-hybridized carbons (Fsp3) is 0.286. The second-order valence-electron chi connectivity index (χ2n) is 2.33. The lowest BCUT2D eigenvalue weighted by molar-refractivity contribution is 0.468. The summed E-state index contributed by atoms with van der Waals surface area (Å²) in [7, 11) is -3.56. The van der Waals surface area contributed by atoms with Gasteiger partial charge >= 0.3 is 0 Å². The summed E-state index contributed by atoms with van der Waals surface area (Å²) in [6, 6.07) is 1.68. The maximum Gasteiger partial charge on any atom is 0.250 e. The molecule has 0 saturated carbocycles. The summed E-state index contributed by atoms with van der Waals surface area (Å²) >= 11 is 0. The van der Waals surface area contributed by atoms with Gasteiger partial charge in [0.15, 0.2) is 20.7 Å². The van der Waals surface area contributed by atoms with Gasteiger partial charge in [-0.2, -0.15) is 4.39 Å². The number of halogens is 2. The van der Waals surface area contributed by atoms with Crippen molar-refractivity contribution in [2.75, 3.05) is 5.75 Å². The van der Waals surface area contributed by atoms with Gasteiger partial charge < -0.3 is 0 Å². The molecule has 1 heterocycles. The smallest absolute Gasteiger partial charge is 0.222 e. The minimum atomic E-state index is -3.56. The van der Waals surface area contributed by atoms with Gasteiger partial charge in [-0.1, -0.05) is 6.92 Å². The Balaban J connectivity index is 3.27. The predicted molar refractivity (Wildman–Crippen MR) is 41.9 cm³/mol. The third-order valence-corrected chi connectivity index (χ3v) is 3.10. The normalized spacial score (nSPS) is 11.6. The van der Waals surface area contributed by atoms with Gasteiger partial charge in [-0.15, -0.1) is 0 Å². The van der Waals surface area contributed by atoms with Crippen molar-refractivity contribution < 1.29 is 17.2 Å². The first-order chi connectivity index (χ1) is 5.97. The number of hydrogen-bond donors (Lipinski definition) is 0. The number of pyridine rings is 1. The molecule has 1 rings (SSSR count). The molecule has 0 aliphatic heterocycles. The fourth-order valence-electron chi connectivity index (χ4n) is 0.722. The summed E-state index contributed by atoms with van der Waals surface area (Å²) in [6.45, 7) is 1.40. The van der Waals surface area contributed by atoms with Gasteiger partial charge in [0.1, 0.15) is 0 Å². The highest BCUT2D eigenvalue weighted by Gasteiger charge is 2.15. The molecule has 0 bridgehead atoms. The summed E-state index contributed by atoms with van der Waals surface area (Å²) in [4.78, 5) is 2.99. The first-order valence-corrected chi connectivity index (χ1v) is 5.17. The zero-order valence-corrected chi connectivity index (χ0v) is 7.61. The average Bonchev–Trinajstić information content (AvgIpc) is 2.09. The lowest BCUT2D eigenvalue weighted by atomic mass is 10.5. The molecule has 0 spiro atoms. The third-order valence-electron chi connectivity index (χ3n) is 1.48. The Morgan fingerprint density at radius 3 is 2.46 bits per heavy atom. The Morgan fingerprint density at radius 2 is 2.00 bits per heavy atom. The van der Waals surface area contributed by atoms with Crippen molar-refractivity contribution in [3.05, 3.63) is 23.9 Å². The Morgan fingerprint density at radius 1 is 1.38 bits per heavy atom. The zero-order valence-electron chi connectivity index (χ0n) is 6.79. The maximum absolute atomic E-state index is 12.5. The van der Waals surface area contributed by atoms with E-state index >= 15 is 0 Å². The van der Waals surface area contributed by atoms with E-state index in [4.69, 9.17) is 0 Å². The van der Waals surface area contributed by atoms with E-state index in [1.807, 2.05) is 0 Å². The maximum atomic E-state index is 12.5. The van der Waals surface area contributed by atoms with Crippen LogP contribution in [0.25, 0.3) is 0 Å². The molecule has 0 amide bonds. The van der Waals surface area contributed by atoms with Gasteiger partial charge in [0.25, 0.3) is 0 Å². The molecule has 0 unspecified atom stereocenters. The van der Waals surface area contributed by atoms with E-state index in [1.165, 1.54) is 6.92 Å². The number of nitrogens with zero attached hydrogens (tertiary/aromatic N) is 1. The molecule has 3 nitrogen and oxygen atoms in total. The zero-order chi connectivity index (χ0) is 10.1. The fourth-order valence-corrected chi connectivity index (χ4v) is 1.51. The summed E-state index contributed by atoms with van der Waals surface area (Å²) in [6.07, 6.45) is 0. The molecule has 0 N–H and O–H groups in total. The molecule has 0 aliphatic carbocycles. The Labute approximate surface area is 74.3 Å². The monoisotopic (exact) mass is 207 g/mol. The van der Waals surface area contributed by atoms with E-state index in [0.717, 1.165) is 12.1 Å². The van der Waals surface area contributed by atoms with Crippen LogP contribution in [0.4, 0.5) is 8.78 Å². The second-order valence-corrected chi connectivity index (χ2v) is 4.55. The van der Waals surface area contributed by atoms with Crippen LogP contribution in [0, 0.1) is 11.8 Å². The summed E-state index contributed by atoms with van der Waals surface area (Å²) in [5.41, 5.74) is 0. The van der Waals surface area contributed by atoms with Crippen molar-refractivity contribution in [2.45, 2.75) is 11.9 Å². The molecular formula is C7H7F2NO2S. The van der Waals surface area contributed by atoms with Crippen molar-refractivity contribution >= 4 is 9.84 Å². The molecule has 0 fully saturated rings. The number of hydrogen-bond acceptors (Lipinski definition) is 3. The van der Waals surface area contributed by atoms with E-state index in [9.17, 15) is 17.2 Å². The van der Waals surface area contributed by atoms with Gasteiger partial charge in [0.2, 0.25) is 5.95 Å². The van der Waals surface area contributed by atoms with E-state index in [0.29, 0.717) is 0 Å². The minimum Gasteiger partial charge on any atom is -0.222 e. The lowest BCUT2D eigenvalue weighted by Gasteiger charge is -1.99. The number of sulfone groups is 1. The third kappa shape index (κ3) is 2.00. The van der Waals surface area contributed by atoms with Gasteiger partial charge in [-0.05, 0) is 12.1 Å². The van der Waals surface area contributed by atoms with Crippen molar-refractivity contribution in [1.82, 2.24) is 4.98 Å². The first-order valence-electron chi connectivity index (χ1n) is 3.52. The van der Waals surface area contributed by atoms with E-state index in [1.54, 1.807) is 0 Å². The van der Waals surface area contributed by atoms with Crippen molar-refractivity contribution in [1.29, 1.82) is 0 Å². The number of aromatic nitrogens is 1. The van der Waals surface area contributed by atoms with Gasteiger partial charge in [-0.25, -0.2) is 17.8 Å². The van der Waals surface area contributed by atoms with Gasteiger partial charge in [0.05, 0.1) is 5.75 Å². The summed E-state index contributed by atoms with van der Waals surface area (Å²) in [5, 5.41) is -0.436. The summed E-state index contributed by atoms with van der Waals surface area (Å²) in [5.74, 6) is -2.74. The van der Waals surface area contributed by atoms with Crippen LogP contribution in [0.5, 0.6) is 0 Å². The first kappa shape index (κ1) is 10.0. The molecule has 1 aromatic rings. The molecule has 0 atom stereocenters. The van der Waals surface area contributed by atoms with Crippen LogP contribution < -0.4 is 0 Å². The van der Waals surface area contributed by atoms with Crippen molar-refractivity contribution in [3.63, 3.8) is 0 Å². The molecule has 6 heteroatoms. The topological polar surface area (TPSA) is 47.0 Å². The molecule has 0 radical (unpaired) electrons. The largest absolute Gasteiger partial charge is 0.250 e. The van der Waals surface area contributed by atoms with Crippen LogP contribution >= 0.6 is 0 Å².